The quantitative estimate of drug-likeness (QED) is 0.270. The molecule has 0 radical (unpaired) electrons. The molecule has 1 aliphatic carbocycles. The van der Waals surface area contributed by atoms with Gasteiger partial charge in [0.1, 0.15) is 12.4 Å². The molecular formula is C18H20INO7. The molecule has 1 heterocycles. The Morgan fingerprint density at radius 2 is 2.00 bits per heavy atom. The smallest absolute Gasteiger partial charge is 0.351 e. The van der Waals surface area contributed by atoms with Crippen LogP contribution in [0, 0.1) is 24.5 Å². The maximum Gasteiger partial charge on any atom is 0.351 e. The molecule has 1 aromatic carbocycles. The predicted octanol–water partition coefficient (Wildman–Crippen LogP) is 3.37. The molecule has 1 saturated heterocycles. The van der Waals surface area contributed by atoms with Crippen molar-refractivity contribution in [3.8, 4) is 5.75 Å². The minimum Gasteiger partial charge on any atom is -0.496 e. The fourth-order valence-corrected chi connectivity index (χ4v) is 4.66. The van der Waals surface area contributed by atoms with Crippen LogP contribution < -0.4 is 4.74 Å². The number of fused-ring (bicyclic) bond motifs is 2. The molecule has 3 rings (SSSR count). The summed E-state index contributed by atoms with van der Waals surface area (Å²) in [6, 6.07) is 2.85. The van der Waals surface area contributed by atoms with E-state index in [0.717, 1.165) is 0 Å². The number of rotatable bonds is 5. The van der Waals surface area contributed by atoms with Crippen molar-refractivity contribution in [1.82, 2.24) is 0 Å². The highest BCUT2D eigenvalue weighted by Crippen LogP contribution is 2.65. The summed E-state index contributed by atoms with van der Waals surface area (Å²) in [5, 5.41) is 11.3. The van der Waals surface area contributed by atoms with Gasteiger partial charge in [0.05, 0.1) is 26.6 Å². The molecule has 0 N–H and O–H groups in total. The average molecular weight is 489 g/mol. The van der Waals surface area contributed by atoms with E-state index in [1.807, 2.05) is 36.4 Å². The van der Waals surface area contributed by atoms with Crippen LogP contribution in [-0.4, -0.2) is 29.6 Å². The Morgan fingerprint density at radius 3 is 2.48 bits per heavy atom. The first-order valence-corrected chi connectivity index (χ1v) is 9.49. The number of hydrogen-bond donors (Lipinski definition) is 0. The van der Waals surface area contributed by atoms with Crippen molar-refractivity contribution >= 4 is 40.2 Å². The Morgan fingerprint density at radius 1 is 1.33 bits per heavy atom. The van der Waals surface area contributed by atoms with Crippen molar-refractivity contribution in [2.75, 3.05) is 7.11 Å². The Labute approximate surface area is 169 Å². The van der Waals surface area contributed by atoms with Crippen LogP contribution in [0.1, 0.15) is 39.2 Å². The van der Waals surface area contributed by atoms with E-state index in [-0.39, 0.29) is 17.9 Å². The van der Waals surface area contributed by atoms with Crippen molar-refractivity contribution in [3.63, 3.8) is 0 Å². The van der Waals surface area contributed by atoms with Gasteiger partial charge >= 0.3 is 11.9 Å². The topological polar surface area (TPSA) is 105 Å². The van der Waals surface area contributed by atoms with Crippen LogP contribution in [-0.2, 0) is 25.7 Å². The van der Waals surface area contributed by atoms with Crippen molar-refractivity contribution in [2.45, 2.75) is 45.8 Å². The van der Waals surface area contributed by atoms with Gasteiger partial charge in [-0.3, -0.25) is 14.9 Å². The Kier molecular flexibility index (Phi) is 4.64. The molecule has 2 atom stereocenters. The molecule has 2 aliphatic rings. The highest BCUT2D eigenvalue weighted by atomic mass is 127. The third-order valence-corrected chi connectivity index (χ3v) is 7.16. The molecular weight excluding hydrogens is 469 g/mol. The van der Waals surface area contributed by atoms with Gasteiger partial charge in [0.15, 0.2) is 0 Å². The van der Waals surface area contributed by atoms with Crippen molar-refractivity contribution in [2.24, 2.45) is 10.8 Å². The zero-order valence-corrected chi connectivity index (χ0v) is 17.6. The van der Waals surface area contributed by atoms with E-state index in [2.05, 4.69) is 0 Å². The summed E-state index contributed by atoms with van der Waals surface area (Å²) in [6.45, 7) is 5.13. The second-order valence-electron chi connectivity index (χ2n) is 7.62. The molecule has 1 saturated carbocycles. The molecule has 1 aromatic rings. The highest BCUT2D eigenvalue weighted by Gasteiger charge is 2.76. The number of nitrogens with zero attached hydrogens (tertiary/aromatic N) is 1. The Bertz CT molecular complexity index is 852. The van der Waals surface area contributed by atoms with Crippen molar-refractivity contribution in [1.29, 1.82) is 0 Å². The fraction of sp³-hybridized carbons (Fsp3) is 0.556. The summed E-state index contributed by atoms with van der Waals surface area (Å²) < 4.78 is 16.7. The molecule has 2 fully saturated rings. The zero-order valence-electron chi connectivity index (χ0n) is 15.5. The van der Waals surface area contributed by atoms with Gasteiger partial charge in [-0.2, -0.15) is 0 Å². The standard InChI is InChI=1S/C18H20INO7/c1-16(2)17(3)5-6-18(16,27-14(17)21)15(22)26-9-10-7-13(25-4)11(19)8-12(10)20(23)24/h7-8H,5-6,9H2,1-4H3/t17-,18+/m0/s1. The molecule has 0 amide bonds. The summed E-state index contributed by atoms with van der Waals surface area (Å²) in [5.74, 6) is -0.627. The molecule has 27 heavy (non-hydrogen) atoms. The molecule has 0 spiro atoms. The Balaban J connectivity index is 1.87. The molecule has 1 aliphatic heterocycles. The summed E-state index contributed by atoms with van der Waals surface area (Å²) >= 11 is 1.94. The SMILES string of the molecule is COc1cc(COC(=O)[C@@]23CC[C@@](C)(C(=O)O2)C3(C)C)c([N+](=O)[O-])cc1I. The lowest BCUT2D eigenvalue weighted by Crippen LogP contribution is -2.48. The van der Waals surface area contributed by atoms with Gasteiger partial charge in [-0.05, 0) is 48.4 Å². The summed E-state index contributed by atoms with van der Waals surface area (Å²) in [5.41, 5.74) is -2.79. The first kappa shape index (κ1) is 19.8. The third kappa shape index (κ3) is 2.61. The average Bonchev–Trinajstić information content (AvgIpc) is 2.90. The number of ether oxygens (including phenoxy) is 3. The van der Waals surface area contributed by atoms with Gasteiger partial charge in [-0.25, -0.2) is 4.79 Å². The van der Waals surface area contributed by atoms with Crippen LogP contribution in [0.2, 0.25) is 0 Å². The van der Waals surface area contributed by atoms with E-state index in [0.29, 0.717) is 22.2 Å². The number of nitro groups is 1. The number of halogens is 1. The Hall–Kier alpha value is -1.91. The van der Waals surface area contributed by atoms with Gasteiger partial charge in [-0.1, -0.05) is 13.8 Å². The maximum atomic E-state index is 12.9. The van der Waals surface area contributed by atoms with E-state index in [1.54, 1.807) is 6.92 Å². The van der Waals surface area contributed by atoms with Crippen molar-refractivity contribution in [3.05, 3.63) is 31.4 Å². The number of hydrogen-bond acceptors (Lipinski definition) is 7. The largest absolute Gasteiger partial charge is 0.496 e. The normalized spacial score (nSPS) is 28.0. The van der Waals surface area contributed by atoms with Crippen LogP contribution in [0.15, 0.2) is 12.1 Å². The van der Waals surface area contributed by atoms with Crippen LogP contribution in [0.5, 0.6) is 5.75 Å². The molecule has 0 unspecified atom stereocenters. The number of methoxy groups -OCH3 is 1. The number of carbonyl (C=O) groups is 2. The maximum absolute atomic E-state index is 12.9. The molecule has 0 aromatic heterocycles. The van der Waals surface area contributed by atoms with Crippen LogP contribution in [0.4, 0.5) is 5.69 Å². The number of carbonyl (C=O) groups excluding carboxylic acids is 2. The van der Waals surface area contributed by atoms with Gasteiger partial charge in [0.25, 0.3) is 5.69 Å². The van der Waals surface area contributed by atoms with E-state index < -0.39 is 33.3 Å². The minimum absolute atomic E-state index is 0.163. The summed E-state index contributed by atoms with van der Waals surface area (Å²) in [4.78, 5) is 36.0. The summed E-state index contributed by atoms with van der Waals surface area (Å²) in [7, 11) is 1.46. The van der Waals surface area contributed by atoms with Crippen LogP contribution in [0.25, 0.3) is 0 Å². The number of esters is 2. The molecule has 2 bridgehead atoms. The van der Waals surface area contributed by atoms with E-state index >= 15 is 0 Å². The molecule has 8 nitrogen and oxygen atoms in total. The van der Waals surface area contributed by atoms with Gasteiger partial charge in [-0.15, -0.1) is 0 Å². The lowest BCUT2D eigenvalue weighted by atomic mass is 9.66. The number of nitro benzene ring substituents is 1. The second-order valence-corrected chi connectivity index (χ2v) is 8.78. The van der Waals surface area contributed by atoms with Crippen LogP contribution >= 0.6 is 22.6 Å². The van der Waals surface area contributed by atoms with Gasteiger partial charge in [0, 0.05) is 11.5 Å². The lowest BCUT2D eigenvalue weighted by molar-refractivity contribution is -0.386. The highest BCUT2D eigenvalue weighted by molar-refractivity contribution is 14.1. The number of benzene rings is 1. The lowest BCUT2D eigenvalue weighted by Gasteiger charge is -2.34. The molecule has 9 heteroatoms. The first-order valence-electron chi connectivity index (χ1n) is 8.41. The molecule has 146 valence electrons. The zero-order chi connectivity index (χ0) is 20.2. The van der Waals surface area contributed by atoms with Gasteiger partial charge in [0.2, 0.25) is 5.60 Å². The fourth-order valence-electron chi connectivity index (χ4n) is 3.99. The van der Waals surface area contributed by atoms with Crippen molar-refractivity contribution < 1.29 is 28.7 Å². The van der Waals surface area contributed by atoms with E-state index in [1.165, 1.54) is 19.2 Å². The van der Waals surface area contributed by atoms with E-state index in [4.69, 9.17) is 14.2 Å². The predicted molar refractivity (Wildman–Crippen MR) is 102 cm³/mol. The monoisotopic (exact) mass is 489 g/mol. The van der Waals surface area contributed by atoms with Gasteiger partial charge < -0.3 is 14.2 Å². The third-order valence-electron chi connectivity index (χ3n) is 6.32. The first-order chi connectivity index (χ1) is 12.5. The summed E-state index contributed by atoms with van der Waals surface area (Å²) in [6.07, 6.45) is 0.907. The van der Waals surface area contributed by atoms with E-state index in [9.17, 15) is 19.7 Å². The second kappa shape index (κ2) is 6.32. The van der Waals surface area contributed by atoms with Crippen LogP contribution in [0.3, 0.4) is 0 Å². The minimum atomic E-state index is -1.36.